The van der Waals surface area contributed by atoms with Gasteiger partial charge in [-0.25, -0.2) is 4.98 Å². The standard InChI is InChI=1S/C17H11ClF3NO/c1-23-10-6-7-15-13(8-10)12(9-16(22-15)17(19,20)21)11-4-2-3-5-14(11)18/h2-9H,1H3. The monoisotopic (exact) mass is 337 g/mol. The molecule has 3 rings (SSSR count). The van der Waals surface area contributed by atoms with Crippen LogP contribution < -0.4 is 4.74 Å². The fourth-order valence-electron chi connectivity index (χ4n) is 2.38. The molecule has 0 atom stereocenters. The molecule has 1 aromatic heterocycles. The first-order valence-electron chi connectivity index (χ1n) is 6.71. The lowest BCUT2D eigenvalue weighted by molar-refractivity contribution is -0.140. The van der Waals surface area contributed by atoms with Crippen LogP contribution in [0.2, 0.25) is 5.02 Å². The van der Waals surface area contributed by atoms with E-state index in [0.717, 1.165) is 6.07 Å². The van der Waals surface area contributed by atoms with Crippen molar-refractivity contribution in [1.82, 2.24) is 4.98 Å². The van der Waals surface area contributed by atoms with Gasteiger partial charge in [0.15, 0.2) is 0 Å². The molecule has 0 N–H and O–H groups in total. The van der Waals surface area contributed by atoms with Gasteiger partial charge in [-0.1, -0.05) is 29.8 Å². The van der Waals surface area contributed by atoms with Gasteiger partial charge in [0, 0.05) is 16.0 Å². The van der Waals surface area contributed by atoms with E-state index < -0.39 is 11.9 Å². The molecule has 0 spiro atoms. The van der Waals surface area contributed by atoms with Crippen LogP contribution in [-0.4, -0.2) is 12.1 Å². The van der Waals surface area contributed by atoms with E-state index in [0.29, 0.717) is 27.3 Å². The smallest absolute Gasteiger partial charge is 0.433 e. The van der Waals surface area contributed by atoms with Crippen LogP contribution in [0.3, 0.4) is 0 Å². The zero-order chi connectivity index (χ0) is 16.6. The Morgan fingerprint density at radius 1 is 1.00 bits per heavy atom. The summed E-state index contributed by atoms with van der Waals surface area (Å²) in [5.74, 6) is 0.535. The van der Waals surface area contributed by atoms with Crippen molar-refractivity contribution >= 4 is 22.5 Å². The molecular formula is C17H11ClF3NO. The van der Waals surface area contributed by atoms with Gasteiger partial charge in [-0.2, -0.15) is 13.2 Å². The molecule has 0 aliphatic carbocycles. The van der Waals surface area contributed by atoms with Crippen LogP contribution >= 0.6 is 11.6 Å². The lowest BCUT2D eigenvalue weighted by atomic mass is 9.99. The van der Waals surface area contributed by atoms with Crippen molar-refractivity contribution in [3.63, 3.8) is 0 Å². The van der Waals surface area contributed by atoms with Gasteiger partial charge in [0.1, 0.15) is 11.4 Å². The number of ether oxygens (including phenoxy) is 1. The third-order valence-corrected chi connectivity index (χ3v) is 3.80. The first-order chi connectivity index (χ1) is 10.9. The van der Waals surface area contributed by atoms with Gasteiger partial charge in [-0.15, -0.1) is 0 Å². The Morgan fingerprint density at radius 3 is 2.39 bits per heavy atom. The predicted molar refractivity (Wildman–Crippen MR) is 83.7 cm³/mol. The Morgan fingerprint density at radius 2 is 1.74 bits per heavy atom. The molecule has 0 amide bonds. The Bertz CT molecular complexity index is 877. The predicted octanol–water partition coefficient (Wildman–Crippen LogP) is 5.58. The van der Waals surface area contributed by atoms with Crippen LogP contribution in [0.4, 0.5) is 13.2 Å². The van der Waals surface area contributed by atoms with Crippen LogP contribution in [0.15, 0.2) is 48.5 Å². The number of hydrogen-bond donors (Lipinski definition) is 0. The lowest BCUT2D eigenvalue weighted by Gasteiger charge is -2.13. The van der Waals surface area contributed by atoms with Crippen molar-refractivity contribution in [3.8, 4) is 16.9 Å². The normalized spacial score (nSPS) is 11.7. The van der Waals surface area contributed by atoms with Crippen LogP contribution in [0, 0.1) is 0 Å². The molecule has 0 fully saturated rings. The van der Waals surface area contributed by atoms with Gasteiger partial charge >= 0.3 is 6.18 Å². The molecule has 0 saturated heterocycles. The molecule has 118 valence electrons. The average molecular weight is 338 g/mol. The molecule has 3 aromatic rings. The quantitative estimate of drug-likeness (QED) is 0.608. The van der Waals surface area contributed by atoms with Crippen LogP contribution in [0.1, 0.15) is 5.69 Å². The van der Waals surface area contributed by atoms with Gasteiger partial charge in [-0.05, 0) is 35.9 Å². The maximum atomic E-state index is 13.1. The Hall–Kier alpha value is -2.27. The topological polar surface area (TPSA) is 22.1 Å². The second-order valence-corrected chi connectivity index (χ2v) is 5.32. The number of hydrogen-bond acceptors (Lipinski definition) is 2. The zero-order valence-electron chi connectivity index (χ0n) is 12.0. The fourth-order valence-corrected chi connectivity index (χ4v) is 2.62. The number of pyridine rings is 1. The summed E-state index contributed by atoms with van der Waals surface area (Å²) in [6.45, 7) is 0. The van der Waals surface area contributed by atoms with E-state index in [1.165, 1.54) is 13.2 Å². The van der Waals surface area contributed by atoms with Gasteiger partial charge in [-0.3, -0.25) is 0 Å². The first-order valence-corrected chi connectivity index (χ1v) is 7.09. The molecular weight excluding hydrogens is 327 g/mol. The molecule has 1 heterocycles. The number of nitrogens with zero attached hydrogens (tertiary/aromatic N) is 1. The van der Waals surface area contributed by atoms with Crippen LogP contribution in [-0.2, 0) is 6.18 Å². The summed E-state index contributed by atoms with van der Waals surface area (Å²) < 4.78 is 44.6. The molecule has 2 aromatic carbocycles. The van der Waals surface area contributed by atoms with Gasteiger partial charge in [0.05, 0.1) is 12.6 Å². The Kier molecular flexibility index (Phi) is 3.90. The molecule has 23 heavy (non-hydrogen) atoms. The second kappa shape index (κ2) is 5.74. The lowest BCUT2D eigenvalue weighted by Crippen LogP contribution is -2.08. The molecule has 6 heteroatoms. The number of aromatic nitrogens is 1. The van der Waals surface area contributed by atoms with E-state index in [9.17, 15) is 13.2 Å². The second-order valence-electron chi connectivity index (χ2n) is 4.92. The van der Waals surface area contributed by atoms with Crippen LogP contribution in [0.25, 0.3) is 22.0 Å². The summed E-state index contributed by atoms with van der Waals surface area (Å²) in [7, 11) is 1.49. The SMILES string of the molecule is COc1ccc2nc(C(F)(F)F)cc(-c3ccccc3Cl)c2c1. The number of halogens is 4. The van der Waals surface area contributed by atoms with E-state index in [-0.39, 0.29) is 5.52 Å². The number of benzene rings is 2. The highest BCUT2D eigenvalue weighted by Crippen LogP contribution is 2.38. The first kappa shape index (κ1) is 15.6. The maximum absolute atomic E-state index is 13.1. The van der Waals surface area contributed by atoms with Crippen molar-refractivity contribution in [2.75, 3.05) is 7.11 Å². The summed E-state index contributed by atoms with van der Waals surface area (Å²) in [4.78, 5) is 3.71. The summed E-state index contributed by atoms with van der Waals surface area (Å²) in [5, 5.41) is 0.918. The fraction of sp³-hybridized carbons (Fsp3) is 0.118. The van der Waals surface area contributed by atoms with Gasteiger partial charge < -0.3 is 4.74 Å². The van der Waals surface area contributed by atoms with Crippen molar-refractivity contribution in [2.45, 2.75) is 6.18 Å². The summed E-state index contributed by atoms with van der Waals surface area (Å²) in [6, 6.07) is 12.5. The summed E-state index contributed by atoms with van der Waals surface area (Å²) >= 11 is 6.17. The summed E-state index contributed by atoms with van der Waals surface area (Å²) in [6.07, 6.45) is -4.54. The number of alkyl halides is 3. The van der Waals surface area contributed by atoms with E-state index in [4.69, 9.17) is 16.3 Å². The molecule has 0 aliphatic rings. The molecule has 0 unspecified atom stereocenters. The van der Waals surface area contributed by atoms with Crippen LogP contribution in [0.5, 0.6) is 5.75 Å². The van der Waals surface area contributed by atoms with Crippen molar-refractivity contribution in [1.29, 1.82) is 0 Å². The molecule has 2 nitrogen and oxygen atoms in total. The third kappa shape index (κ3) is 2.97. The number of rotatable bonds is 2. The largest absolute Gasteiger partial charge is 0.497 e. The van der Waals surface area contributed by atoms with Gasteiger partial charge in [0.25, 0.3) is 0 Å². The number of methoxy groups -OCH3 is 1. The molecule has 0 aliphatic heterocycles. The third-order valence-electron chi connectivity index (χ3n) is 3.47. The van der Waals surface area contributed by atoms with Crippen molar-refractivity contribution < 1.29 is 17.9 Å². The molecule has 0 saturated carbocycles. The van der Waals surface area contributed by atoms with E-state index in [1.807, 2.05) is 0 Å². The highest BCUT2D eigenvalue weighted by atomic mass is 35.5. The van der Waals surface area contributed by atoms with Crippen molar-refractivity contribution in [2.24, 2.45) is 0 Å². The molecule has 0 radical (unpaired) electrons. The minimum Gasteiger partial charge on any atom is -0.497 e. The zero-order valence-corrected chi connectivity index (χ0v) is 12.7. The van der Waals surface area contributed by atoms with E-state index >= 15 is 0 Å². The van der Waals surface area contributed by atoms with E-state index in [1.54, 1.807) is 36.4 Å². The van der Waals surface area contributed by atoms with Crippen molar-refractivity contribution in [3.05, 3.63) is 59.2 Å². The average Bonchev–Trinajstić information content (AvgIpc) is 2.53. The maximum Gasteiger partial charge on any atom is 0.433 e. The minimum atomic E-state index is -4.54. The van der Waals surface area contributed by atoms with Gasteiger partial charge in [0.2, 0.25) is 0 Å². The summed E-state index contributed by atoms with van der Waals surface area (Å²) in [5.41, 5.74) is 0.160. The molecule has 0 bridgehead atoms. The highest BCUT2D eigenvalue weighted by molar-refractivity contribution is 6.33. The Labute approximate surface area is 135 Å². The Balaban J connectivity index is 2.38. The highest BCUT2D eigenvalue weighted by Gasteiger charge is 2.33. The minimum absolute atomic E-state index is 0.232. The van der Waals surface area contributed by atoms with E-state index in [2.05, 4.69) is 4.98 Å². The number of fused-ring (bicyclic) bond motifs is 1.